The highest BCUT2D eigenvalue weighted by molar-refractivity contribution is 5.94. The van der Waals surface area contributed by atoms with Crippen molar-refractivity contribution in [2.75, 3.05) is 0 Å². The molecule has 0 bridgehead atoms. The largest absolute Gasteiger partial charge is 0.457 e. The van der Waals surface area contributed by atoms with Gasteiger partial charge in [0, 0.05) is 12.0 Å². The molecule has 3 nitrogen and oxygen atoms in total. The van der Waals surface area contributed by atoms with Gasteiger partial charge in [0.2, 0.25) is 0 Å². The molecule has 0 N–H and O–H groups in total. The number of aryl methyl sites for hydroxylation is 1. The summed E-state index contributed by atoms with van der Waals surface area (Å²) in [6, 6.07) is 30.0. The van der Waals surface area contributed by atoms with E-state index in [1.807, 2.05) is 99.6 Å². The van der Waals surface area contributed by atoms with Gasteiger partial charge in [0.25, 0.3) is 0 Å². The minimum Gasteiger partial charge on any atom is -0.457 e. The van der Waals surface area contributed by atoms with Crippen LogP contribution in [0, 0.1) is 11.3 Å². The highest BCUT2D eigenvalue weighted by Crippen LogP contribution is 2.38. The van der Waals surface area contributed by atoms with E-state index < -0.39 is 17.0 Å². The highest BCUT2D eigenvalue weighted by Gasteiger charge is 2.37. The molecule has 0 unspecified atom stereocenters. The molecular formula is C30H31NO2. The van der Waals surface area contributed by atoms with E-state index in [-0.39, 0.29) is 6.42 Å². The van der Waals surface area contributed by atoms with Gasteiger partial charge in [-0.3, -0.25) is 0 Å². The van der Waals surface area contributed by atoms with E-state index >= 15 is 0 Å². The lowest BCUT2D eigenvalue weighted by Crippen LogP contribution is -2.31. The Bertz CT molecular complexity index is 1090. The van der Waals surface area contributed by atoms with Gasteiger partial charge < -0.3 is 4.74 Å². The van der Waals surface area contributed by atoms with Crippen molar-refractivity contribution in [3.05, 3.63) is 113 Å². The Morgan fingerprint density at radius 1 is 0.879 bits per heavy atom. The first-order valence-electron chi connectivity index (χ1n) is 11.3. The molecule has 0 radical (unpaired) electrons. The minimum atomic E-state index is -1.03. The van der Waals surface area contributed by atoms with Crippen molar-refractivity contribution >= 4 is 12.0 Å². The van der Waals surface area contributed by atoms with Crippen molar-refractivity contribution < 1.29 is 9.53 Å². The van der Waals surface area contributed by atoms with Gasteiger partial charge in [0.1, 0.15) is 11.0 Å². The van der Waals surface area contributed by atoms with Gasteiger partial charge in [0.05, 0.1) is 6.07 Å². The van der Waals surface area contributed by atoms with Crippen LogP contribution in [0.4, 0.5) is 0 Å². The second-order valence-electron chi connectivity index (χ2n) is 9.19. The molecule has 0 aliphatic rings. The fraction of sp³-hybridized carbons (Fsp3) is 0.267. The molecule has 33 heavy (non-hydrogen) atoms. The molecular weight excluding hydrogens is 406 g/mol. The molecule has 3 aromatic carbocycles. The number of benzene rings is 3. The van der Waals surface area contributed by atoms with Gasteiger partial charge >= 0.3 is 5.97 Å². The summed E-state index contributed by atoms with van der Waals surface area (Å²) in [6.45, 7) is 7.66. The Labute approximate surface area is 197 Å². The number of carbonyl (C=O) groups excluding carboxylic acids is 1. The quantitative estimate of drug-likeness (QED) is 0.299. The summed E-state index contributed by atoms with van der Waals surface area (Å²) >= 11 is 0. The SMILES string of the molecule is CCc1ccc(/C=C(\CC(C#N)(c2ccccc2)c2ccccc2)C(=O)OC(C)(C)C)cc1. The maximum absolute atomic E-state index is 13.3. The minimum absolute atomic E-state index is 0.196. The van der Waals surface area contributed by atoms with Gasteiger partial charge in [-0.15, -0.1) is 0 Å². The van der Waals surface area contributed by atoms with Crippen molar-refractivity contribution in [2.24, 2.45) is 0 Å². The molecule has 3 rings (SSSR count). The highest BCUT2D eigenvalue weighted by atomic mass is 16.6. The summed E-state index contributed by atoms with van der Waals surface area (Å²) in [7, 11) is 0. The fourth-order valence-corrected chi connectivity index (χ4v) is 3.85. The molecule has 0 amide bonds. The predicted molar refractivity (Wildman–Crippen MR) is 134 cm³/mol. The second kappa shape index (κ2) is 10.3. The Morgan fingerprint density at radius 3 is 1.82 bits per heavy atom. The van der Waals surface area contributed by atoms with Crippen LogP contribution in [0.2, 0.25) is 0 Å². The van der Waals surface area contributed by atoms with E-state index in [1.54, 1.807) is 0 Å². The van der Waals surface area contributed by atoms with Crippen LogP contribution in [0.15, 0.2) is 90.5 Å². The van der Waals surface area contributed by atoms with Crippen LogP contribution in [-0.4, -0.2) is 11.6 Å². The van der Waals surface area contributed by atoms with Crippen molar-refractivity contribution in [3.8, 4) is 6.07 Å². The Balaban J connectivity index is 2.15. The number of esters is 1. The summed E-state index contributed by atoms with van der Waals surface area (Å²) in [5.41, 5.74) is 2.60. The molecule has 0 saturated carbocycles. The molecule has 0 saturated heterocycles. The fourth-order valence-electron chi connectivity index (χ4n) is 3.85. The summed E-state index contributed by atoms with van der Waals surface area (Å²) in [4.78, 5) is 13.3. The number of hydrogen-bond donors (Lipinski definition) is 0. The van der Waals surface area contributed by atoms with Crippen molar-refractivity contribution in [3.63, 3.8) is 0 Å². The third kappa shape index (κ3) is 5.99. The van der Waals surface area contributed by atoms with Crippen LogP contribution in [-0.2, 0) is 21.4 Å². The second-order valence-corrected chi connectivity index (χ2v) is 9.19. The summed E-state index contributed by atoms with van der Waals surface area (Å²) in [5.74, 6) is -0.409. The van der Waals surface area contributed by atoms with Crippen LogP contribution in [0.3, 0.4) is 0 Å². The number of carbonyl (C=O) groups is 1. The van der Waals surface area contributed by atoms with E-state index in [0.717, 1.165) is 23.1 Å². The topological polar surface area (TPSA) is 50.1 Å². The summed E-state index contributed by atoms with van der Waals surface area (Å²) in [5, 5.41) is 10.6. The lowest BCUT2D eigenvalue weighted by molar-refractivity contribution is -0.150. The van der Waals surface area contributed by atoms with Gasteiger partial charge in [-0.1, -0.05) is 91.9 Å². The third-order valence-corrected chi connectivity index (χ3v) is 5.57. The molecule has 3 aromatic rings. The Hall–Kier alpha value is -3.64. The normalized spacial score (nSPS) is 12.2. The van der Waals surface area contributed by atoms with Crippen molar-refractivity contribution in [1.29, 1.82) is 5.26 Å². The van der Waals surface area contributed by atoms with Crippen LogP contribution in [0.5, 0.6) is 0 Å². The molecule has 168 valence electrons. The molecule has 0 aliphatic heterocycles. The molecule has 0 aromatic heterocycles. The molecule has 0 spiro atoms. The van der Waals surface area contributed by atoms with Crippen LogP contribution in [0.25, 0.3) is 6.08 Å². The lowest BCUT2D eigenvalue weighted by atomic mass is 9.71. The first-order valence-corrected chi connectivity index (χ1v) is 11.3. The zero-order valence-corrected chi connectivity index (χ0v) is 19.8. The van der Waals surface area contributed by atoms with Crippen LogP contribution >= 0.6 is 0 Å². The molecule has 0 heterocycles. The van der Waals surface area contributed by atoms with E-state index in [1.165, 1.54) is 5.56 Å². The Morgan fingerprint density at radius 2 is 1.39 bits per heavy atom. The summed E-state index contributed by atoms with van der Waals surface area (Å²) in [6.07, 6.45) is 3.00. The number of nitriles is 1. The van der Waals surface area contributed by atoms with Crippen LogP contribution in [0.1, 0.15) is 56.4 Å². The smallest absolute Gasteiger partial charge is 0.334 e. The first-order chi connectivity index (χ1) is 15.8. The summed E-state index contributed by atoms with van der Waals surface area (Å²) < 4.78 is 5.76. The molecule has 0 aliphatic carbocycles. The van der Waals surface area contributed by atoms with E-state index in [9.17, 15) is 10.1 Å². The average Bonchev–Trinajstić information content (AvgIpc) is 2.82. The average molecular weight is 438 g/mol. The van der Waals surface area contributed by atoms with E-state index in [0.29, 0.717) is 5.57 Å². The molecule has 0 fully saturated rings. The maximum Gasteiger partial charge on any atom is 0.334 e. The van der Waals surface area contributed by atoms with Gasteiger partial charge in [-0.05, 0) is 55.5 Å². The number of rotatable bonds is 7. The standard InChI is InChI=1S/C30H31NO2/c1-5-23-16-18-24(19-17-23)20-25(28(32)33-29(2,3)4)21-30(22-31,26-12-8-6-9-13-26)27-14-10-7-11-15-27/h6-20H,5,21H2,1-4H3/b25-20+. The number of hydrogen-bond acceptors (Lipinski definition) is 3. The molecule has 0 atom stereocenters. The number of nitrogens with zero attached hydrogens (tertiary/aromatic N) is 1. The monoisotopic (exact) mass is 437 g/mol. The van der Waals surface area contributed by atoms with Gasteiger partial charge in [0.15, 0.2) is 0 Å². The number of ether oxygens (including phenoxy) is 1. The van der Waals surface area contributed by atoms with Crippen molar-refractivity contribution in [2.45, 2.75) is 51.6 Å². The lowest BCUT2D eigenvalue weighted by Gasteiger charge is -2.30. The molecule has 3 heteroatoms. The first kappa shape index (κ1) is 24.0. The predicted octanol–water partition coefficient (Wildman–Crippen LogP) is 6.87. The van der Waals surface area contributed by atoms with E-state index in [2.05, 4.69) is 25.1 Å². The van der Waals surface area contributed by atoms with Crippen molar-refractivity contribution in [1.82, 2.24) is 0 Å². The van der Waals surface area contributed by atoms with Crippen LogP contribution < -0.4 is 0 Å². The van der Waals surface area contributed by atoms with Gasteiger partial charge in [-0.25, -0.2) is 4.79 Å². The zero-order valence-electron chi connectivity index (χ0n) is 19.8. The Kier molecular flexibility index (Phi) is 7.51. The van der Waals surface area contributed by atoms with Gasteiger partial charge in [-0.2, -0.15) is 5.26 Å². The third-order valence-electron chi connectivity index (χ3n) is 5.57. The maximum atomic E-state index is 13.3. The zero-order chi connectivity index (χ0) is 23.9. The van der Waals surface area contributed by atoms with E-state index in [4.69, 9.17) is 4.74 Å².